The summed E-state index contributed by atoms with van der Waals surface area (Å²) in [6, 6.07) is 10.7. The van der Waals surface area contributed by atoms with Crippen LogP contribution in [0.5, 0.6) is 0 Å². The van der Waals surface area contributed by atoms with E-state index in [4.69, 9.17) is 4.42 Å². The maximum atomic E-state index is 12.3. The Labute approximate surface area is 151 Å². The summed E-state index contributed by atoms with van der Waals surface area (Å²) in [5, 5.41) is 15.0. The molecule has 0 fully saturated rings. The first kappa shape index (κ1) is 15.9. The summed E-state index contributed by atoms with van der Waals surface area (Å²) in [7, 11) is 0. The number of aliphatic hydroxyl groups excluding tert-OH is 1. The summed E-state index contributed by atoms with van der Waals surface area (Å²) in [4.78, 5) is 13.0. The van der Waals surface area contributed by atoms with Gasteiger partial charge in [0, 0.05) is 27.9 Å². The number of aromatic nitrogens is 2. The van der Waals surface area contributed by atoms with E-state index >= 15 is 0 Å². The van der Waals surface area contributed by atoms with Gasteiger partial charge in [0.05, 0.1) is 18.0 Å². The van der Waals surface area contributed by atoms with Crippen LogP contribution in [0.3, 0.4) is 0 Å². The fraction of sp³-hybridized carbons (Fsp3) is 0.118. The van der Waals surface area contributed by atoms with Crippen LogP contribution in [0.15, 0.2) is 52.5 Å². The van der Waals surface area contributed by atoms with E-state index in [1.165, 1.54) is 11.3 Å². The number of carbonyl (C=O) groups excluding carboxylic acids is 1. The van der Waals surface area contributed by atoms with Crippen molar-refractivity contribution >= 4 is 40.0 Å². The van der Waals surface area contributed by atoms with Gasteiger partial charge in [-0.3, -0.25) is 4.79 Å². The van der Waals surface area contributed by atoms with Gasteiger partial charge in [0.1, 0.15) is 22.9 Å². The van der Waals surface area contributed by atoms with Crippen LogP contribution in [0.4, 0.5) is 0 Å². The van der Waals surface area contributed by atoms with Crippen LogP contribution in [0.25, 0.3) is 22.4 Å². The number of fused-ring (bicyclic) bond motifs is 1. The highest BCUT2D eigenvalue weighted by atomic mass is 32.1. The van der Waals surface area contributed by atoms with Gasteiger partial charge in [-0.05, 0) is 36.4 Å². The molecule has 1 aromatic carbocycles. The third-order valence-electron chi connectivity index (χ3n) is 3.73. The average Bonchev–Trinajstić information content (AvgIpc) is 3.38. The number of amides is 1. The molecule has 25 heavy (non-hydrogen) atoms. The Balaban J connectivity index is 1.41. The summed E-state index contributed by atoms with van der Waals surface area (Å²) in [5.74, 6) is 0.501. The minimum Gasteiger partial charge on any atom is -0.464 e. The third kappa shape index (κ3) is 3.32. The number of nitrogens with zero attached hydrogens (tertiary/aromatic N) is 2. The van der Waals surface area contributed by atoms with Crippen LogP contribution in [-0.4, -0.2) is 26.3 Å². The first-order valence-corrected chi connectivity index (χ1v) is 9.12. The molecule has 2 N–H and O–H groups in total. The molecule has 6 nitrogen and oxygen atoms in total. The SMILES string of the molecule is O=C(NCC(O)c1cc(-c2ccco2)cs1)c1ccc2nsnc2c1. The zero-order valence-corrected chi connectivity index (χ0v) is 14.5. The molecule has 3 aromatic heterocycles. The second-order valence-electron chi connectivity index (χ2n) is 5.41. The standard InChI is InChI=1S/C17H13N3O3S2/c21-14(16-7-11(9-24-16)15-2-1-5-23-15)8-18-17(22)10-3-4-12-13(6-10)20-25-19-12/h1-7,9,14,21H,8H2,(H,18,22). The lowest BCUT2D eigenvalue weighted by Crippen LogP contribution is -2.28. The van der Waals surface area contributed by atoms with Crippen LogP contribution in [-0.2, 0) is 0 Å². The lowest BCUT2D eigenvalue weighted by Gasteiger charge is -2.10. The Morgan fingerprint density at radius 1 is 1.24 bits per heavy atom. The number of nitrogens with one attached hydrogen (secondary N) is 1. The summed E-state index contributed by atoms with van der Waals surface area (Å²) < 4.78 is 13.6. The van der Waals surface area contributed by atoms with E-state index in [-0.39, 0.29) is 12.5 Å². The largest absolute Gasteiger partial charge is 0.464 e. The monoisotopic (exact) mass is 371 g/mol. The van der Waals surface area contributed by atoms with Gasteiger partial charge in [-0.15, -0.1) is 11.3 Å². The van der Waals surface area contributed by atoms with Gasteiger partial charge in [-0.1, -0.05) is 0 Å². The van der Waals surface area contributed by atoms with Gasteiger partial charge in [0.15, 0.2) is 0 Å². The number of benzene rings is 1. The molecule has 1 atom stereocenters. The fourth-order valence-electron chi connectivity index (χ4n) is 2.41. The first-order chi connectivity index (χ1) is 12.2. The highest BCUT2D eigenvalue weighted by Crippen LogP contribution is 2.29. The first-order valence-electron chi connectivity index (χ1n) is 7.51. The average molecular weight is 371 g/mol. The highest BCUT2D eigenvalue weighted by Gasteiger charge is 2.15. The minimum absolute atomic E-state index is 0.129. The number of hydrogen-bond donors (Lipinski definition) is 2. The van der Waals surface area contributed by atoms with Crippen LogP contribution in [0.2, 0.25) is 0 Å². The molecule has 0 saturated carbocycles. The molecule has 1 amide bonds. The highest BCUT2D eigenvalue weighted by molar-refractivity contribution is 7.10. The van der Waals surface area contributed by atoms with Crippen LogP contribution in [0.1, 0.15) is 21.3 Å². The summed E-state index contributed by atoms with van der Waals surface area (Å²) in [5.41, 5.74) is 2.87. The third-order valence-corrected chi connectivity index (χ3v) is 5.32. The number of aliphatic hydroxyl groups is 1. The molecule has 3 heterocycles. The van der Waals surface area contributed by atoms with Crippen molar-refractivity contribution < 1.29 is 14.3 Å². The van der Waals surface area contributed by atoms with Crippen molar-refractivity contribution in [3.8, 4) is 11.3 Å². The van der Waals surface area contributed by atoms with Crippen LogP contribution in [0, 0.1) is 0 Å². The van der Waals surface area contributed by atoms with E-state index in [1.54, 1.807) is 24.5 Å². The maximum Gasteiger partial charge on any atom is 0.251 e. The lowest BCUT2D eigenvalue weighted by atomic mass is 10.1. The number of thiophene rings is 1. The van der Waals surface area contributed by atoms with Gasteiger partial charge in [-0.25, -0.2) is 0 Å². The lowest BCUT2D eigenvalue weighted by molar-refractivity contribution is 0.0918. The molecule has 0 aliphatic heterocycles. The molecule has 4 aromatic rings. The van der Waals surface area contributed by atoms with Gasteiger partial charge >= 0.3 is 0 Å². The molecular formula is C17H13N3O3S2. The van der Waals surface area contributed by atoms with E-state index in [9.17, 15) is 9.90 Å². The fourth-order valence-corrected chi connectivity index (χ4v) is 3.82. The van der Waals surface area contributed by atoms with E-state index in [1.807, 2.05) is 23.6 Å². The zero-order valence-electron chi connectivity index (χ0n) is 12.9. The Kier molecular flexibility index (Phi) is 4.31. The predicted octanol–water partition coefficient (Wildman–Crippen LogP) is 3.48. The Morgan fingerprint density at radius 3 is 2.96 bits per heavy atom. The molecule has 126 valence electrons. The predicted molar refractivity (Wildman–Crippen MR) is 96.7 cm³/mol. The number of carbonyl (C=O) groups is 1. The van der Waals surface area contributed by atoms with E-state index in [2.05, 4.69) is 14.1 Å². The van der Waals surface area contributed by atoms with E-state index in [0.717, 1.165) is 33.4 Å². The van der Waals surface area contributed by atoms with Crippen molar-refractivity contribution in [3.05, 3.63) is 58.5 Å². The topological polar surface area (TPSA) is 88.2 Å². The van der Waals surface area contributed by atoms with Crippen molar-refractivity contribution in [2.75, 3.05) is 6.54 Å². The molecule has 0 aliphatic rings. The molecule has 0 aliphatic carbocycles. The number of furan rings is 1. The molecular weight excluding hydrogens is 358 g/mol. The summed E-state index contributed by atoms with van der Waals surface area (Å²) >= 11 is 2.54. The van der Waals surface area contributed by atoms with Crippen molar-refractivity contribution in [2.45, 2.75) is 6.10 Å². The van der Waals surface area contributed by atoms with Crippen molar-refractivity contribution in [1.29, 1.82) is 0 Å². The second kappa shape index (κ2) is 6.75. The summed E-state index contributed by atoms with van der Waals surface area (Å²) in [6.45, 7) is 0.129. The van der Waals surface area contributed by atoms with Crippen molar-refractivity contribution in [1.82, 2.24) is 14.1 Å². The smallest absolute Gasteiger partial charge is 0.251 e. The Morgan fingerprint density at radius 2 is 2.12 bits per heavy atom. The zero-order chi connectivity index (χ0) is 17.2. The van der Waals surface area contributed by atoms with Gasteiger partial charge in [-0.2, -0.15) is 8.75 Å². The van der Waals surface area contributed by atoms with Gasteiger partial charge in [0.25, 0.3) is 5.91 Å². The normalized spacial score (nSPS) is 12.4. The van der Waals surface area contributed by atoms with Crippen molar-refractivity contribution in [2.24, 2.45) is 0 Å². The Hall–Kier alpha value is -2.55. The second-order valence-corrected chi connectivity index (χ2v) is 6.88. The van der Waals surface area contributed by atoms with Crippen LogP contribution < -0.4 is 5.32 Å². The van der Waals surface area contributed by atoms with Gasteiger partial charge in [0.2, 0.25) is 0 Å². The maximum absolute atomic E-state index is 12.3. The molecule has 0 bridgehead atoms. The summed E-state index contributed by atoms with van der Waals surface area (Å²) in [6.07, 6.45) is 0.834. The molecule has 0 radical (unpaired) electrons. The molecule has 1 unspecified atom stereocenters. The van der Waals surface area contributed by atoms with E-state index < -0.39 is 6.10 Å². The van der Waals surface area contributed by atoms with Crippen LogP contribution >= 0.6 is 23.1 Å². The number of hydrogen-bond acceptors (Lipinski definition) is 7. The Bertz CT molecular complexity index is 1010. The molecule has 0 spiro atoms. The van der Waals surface area contributed by atoms with E-state index in [0.29, 0.717) is 11.1 Å². The van der Waals surface area contributed by atoms with Gasteiger partial charge < -0.3 is 14.8 Å². The quantitative estimate of drug-likeness (QED) is 0.561. The van der Waals surface area contributed by atoms with Crippen molar-refractivity contribution in [3.63, 3.8) is 0 Å². The molecule has 4 rings (SSSR count). The molecule has 0 saturated heterocycles. The minimum atomic E-state index is -0.776. The molecule has 8 heteroatoms. The number of rotatable bonds is 5.